The van der Waals surface area contributed by atoms with Crippen LogP contribution >= 0.6 is 0 Å². The number of anilines is 3. The number of nitrogens with zero attached hydrogens (tertiary/aromatic N) is 8. The zero-order valence-corrected chi connectivity index (χ0v) is 24.5. The van der Waals surface area contributed by atoms with Crippen LogP contribution in [-0.4, -0.2) is 73.2 Å². The zero-order chi connectivity index (χ0) is 32.9. The third kappa shape index (κ3) is 6.49. The number of aromatic nitrogens is 11. The van der Waals surface area contributed by atoms with Crippen LogP contribution < -0.4 is 16.0 Å². The summed E-state index contributed by atoms with van der Waals surface area (Å²) in [5.74, 6) is -1.86. The fraction of sp³-hybridized carbons (Fsp3) is 0. The smallest absolute Gasteiger partial charge is 0.295 e. The largest absolute Gasteiger partial charge is 0.317 e. The highest BCUT2D eigenvalue weighted by molar-refractivity contribution is 6.04. The molecule has 17 nitrogen and oxygen atoms in total. The summed E-state index contributed by atoms with van der Waals surface area (Å²) < 4.78 is 0. The van der Waals surface area contributed by atoms with Gasteiger partial charge in [0.25, 0.3) is 17.7 Å². The van der Waals surface area contributed by atoms with Crippen LogP contribution in [0.1, 0.15) is 31.9 Å². The Hall–Kier alpha value is -7.43. The van der Waals surface area contributed by atoms with Crippen molar-refractivity contribution >= 4 is 35.3 Å². The lowest BCUT2D eigenvalue weighted by molar-refractivity contribution is 0.101. The molecule has 0 fully saturated rings. The van der Waals surface area contributed by atoms with Crippen LogP contribution in [-0.2, 0) is 0 Å². The molecule has 4 aromatic heterocycles. The molecule has 0 spiro atoms. The van der Waals surface area contributed by atoms with Gasteiger partial charge >= 0.3 is 0 Å². The first-order chi connectivity index (χ1) is 23.5. The molecule has 0 saturated carbocycles. The van der Waals surface area contributed by atoms with Gasteiger partial charge < -0.3 is 15.6 Å². The van der Waals surface area contributed by atoms with E-state index in [9.17, 15) is 14.4 Å². The number of amides is 3. The van der Waals surface area contributed by atoms with Gasteiger partial charge in [-0.15, -0.1) is 10.2 Å². The molecule has 0 aliphatic carbocycles. The highest BCUT2D eigenvalue weighted by Crippen LogP contribution is 2.19. The molecule has 48 heavy (non-hydrogen) atoms. The predicted octanol–water partition coefficient (Wildman–Crippen LogP) is 3.59. The summed E-state index contributed by atoms with van der Waals surface area (Å²) in [6.07, 6.45) is 0. The Morgan fingerprint density at radius 3 is 1.46 bits per heavy atom. The third-order valence-corrected chi connectivity index (χ3v) is 6.65. The molecule has 6 N–H and O–H groups in total. The van der Waals surface area contributed by atoms with E-state index in [4.69, 9.17) is 0 Å². The summed E-state index contributed by atoms with van der Waals surface area (Å²) in [7, 11) is 0. The molecule has 0 bridgehead atoms. The minimum absolute atomic E-state index is 0.0802. The van der Waals surface area contributed by atoms with Gasteiger partial charge in [0.15, 0.2) is 17.5 Å². The summed E-state index contributed by atoms with van der Waals surface area (Å²) in [6.45, 7) is 0. The SMILES string of the molecule is O=C(Nc1cc(NC(=O)c2nc(-c3ccccc3)n[nH]2)nc(NC(=O)c2nnc(-c3ccccc3)[nH]2)n1)c1nc(-c2ccccc2)n[nH]1. The van der Waals surface area contributed by atoms with Gasteiger partial charge in [-0.3, -0.25) is 29.9 Å². The molecule has 0 saturated heterocycles. The maximum absolute atomic E-state index is 13.1. The lowest BCUT2D eigenvalue weighted by Crippen LogP contribution is -2.21. The Balaban J connectivity index is 1.14. The Labute approximate surface area is 269 Å². The molecule has 0 unspecified atom stereocenters. The first-order valence-electron chi connectivity index (χ1n) is 14.3. The minimum Gasteiger partial charge on any atom is -0.317 e. The maximum atomic E-state index is 13.1. The van der Waals surface area contributed by atoms with Crippen molar-refractivity contribution in [2.75, 3.05) is 16.0 Å². The Morgan fingerprint density at radius 1 is 0.500 bits per heavy atom. The van der Waals surface area contributed by atoms with Crippen molar-refractivity contribution in [2.24, 2.45) is 0 Å². The summed E-state index contributed by atoms with van der Waals surface area (Å²) in [5.41, 5.74) is 2.13. The van der Waals surface area contributed by atoms with E-state index in [0.29, 0.717) is 28.6 Å². The number of carbonyl (C=O) groups is 3. The van der Waals surface area contributed by atoms with Crippen molar-refractivity contribution in [1.82, 2.24) is 55.5 Å². The van der Waals surface area contributed by atoms with E-state index in [2.05, 4.69) is 71.5 Å². The van der Waals surface area contributed by atoms with E-state index in [-0.39, 0.29) is 35.1 Å². The van der Waals surface area contributed by atoms with Gasteiger partial charge in [-0.05, 0) is 0 Å². The number of rotatable bonds is 9. The van der Waals surface area contributed by atoms with Crippen molar-refractivity contribution in [3.8, 4) is 34.2 Å². The molecule has 0 aliphatic heterocycles. The number of H-pyrrole nitrogens is 3. The van der Waals surface area contributed by atoms with E-state index < -0.39 is 17.7 Å². The monoisotopic (exact) mass is 638 g/mol. The normalized spacial score (nSPS) is 10.8. The van der Waals surface area contributed by atoms with E-state index >= 15 is 0 Å². The lowest BCUT2D eigenvalue weighted by atomic mass is 10.2. The molecule has 234 valence electrons. The maximum Gasteiger partial charge on any atom is 0.295 e. The van der Waals surface area contributed by atoms with Gasteiger partial charge in [0.05, 0.1) is 0 Å². The van der Waals surface area contributed by atoms with Gasteiger partial charge in [0.1, 0.15) is 11.6 Å². The number of aromatic amines is 3. The predicted molar refractivity (Wildman–Crippen MR) is 171 cm³/mol. The molecule has 3 aromatic carbocycles. The summed E-state index contributed by atoms with van der Waals surface area (Å²) in [6, 6.07) is 28.6. The van der Waals surface area contributed by atoms with Crippen LogP contribution in [0.25, 0.3) is 34.2 Å². The molecule has 0 radical (unpaired) electrons. The van der Waals surface area contributed by atoms with Crippen LogP contribution in [0.2, 0.25) is 0 Å². The molecule has 4 heterocycles. The second kappa shape index (κ2) is 12.9. The lowest BCUT2D eigenvalue weighted by Gasteiger charge is -2.09. The summed E-state index contributed by atoms with van der Waals surface area (Å²) >= 11 is 0. The van der Waals surface area contributed by atoms with Gasteiger partial charge in [0.2, 0.25) is 23.4 Å². The van der Waals surface area contributed by atoms with Crippen molar-refractivity contribution in [2.45, 2.75) is 0 Å². The Kier molecular flexibility index (Phi) is 7.87. The van der Waals surface area contributed by atoms with Crippen molar-refractivity contribution in [1.29, 1.82) is 0 Å². The number of carbonyl (C=O) groups excluding carboxylic acids is 3. The quantitative estimate of drug-likeness (QED) is 0.134. The fourth-order valence-corrected chi connectivity index (χ4v) is 4.39. The number of benzene rings is 3. The van der Waals surface area contributed by atoms with Crippen LogP contribution in [0.4, 0.5) is 17.6 Å². The van der Waals surface area contributed by atoms with Gasteiger partial charge in [-0.1, -0.05) is 91.0 Å². The third-order valence-electron chi connectivity index (χ3n) is 6.65. The molecule has 0 atom stereocenters. The molecule has 7 rings (SSSR count). The van der Waals surface area contributed by atoms with Gasteiger partial charge in [-0.2, -0.15) is 20.2 Å². The number of hydrogen-bond donors (Lipinski definition) is 6. The van der Waals surface area contributed by atoms with Crippen molar-refractivity contribution < 1.29 is 14.4 Å². The average molecular weight is 639 g/mol. The van der Waals surface area contributed by atoms with E-state index in [1.165, 1.54) is 6.07 Å². The van der Waals surface area contributed by atoms with Gasteiger partial charge in [0, 0.05) is 22.8 Å². The first kappa shape index (κ1) is 29.3. The highest BCUT2D eigenvalue weighted by Gasteiger charge is 2.20. The van der Waals surface area contributed by atoms with E-state index in [1.54, 1.807) is 36.4 Å². The van der Waals surface area contributed by atoms with Crippen LogP contribution in [0, 0.1) is 0 Å². The second-order valence-corrected chi connectivity index (χ2v) is 9.96. The number of hydrogen-bond acceptors (Lipinski definition) is 11. The molecule has 7 aromatic rings. The minimum atomic E-state index is -0.726. The van der Waals surface area contributed by atoms with Crippen molar-refractivity contribution in [3.63, 3.8) is 0 Å². The zero-order valence-electron chi connectivity index (χ0n) is 24.5. The molecular weight excluding hydrogens is 616 g/mol. The summed E-state index contributed by atoms with van der Waals surface area (Å²) in [4.78, 5) is 59.1. The molecule has 17 heteroatoms. The van der Waals surface area contributed by atoms with Crippen LogP contribution in [0.5, 0.6) is 0 Å². The summed E-state index contributed by atoms with van der Waals surface area (Å²) in [5, 5.41) is 29.0. The van der Waals surface area contributed by atoms with Crippen LogP contribution in [0.3, 0.4) is 0 Å². The fourth-order valence-electron chi connectivity index (χ4n) is 4.39. The average Bonchev–Trinajstić information content (AvgIpc) is 3.91. The second-order valence-electron chi connectivity index (χ2n) is 9.96. The Bertz CT molecular complexity index is 1970. The van der Waals surface area contributed by atoms with Crippen LogP contribution in [0.15, 0.2) is 97.1 Å². The highest BCUT2D eigenvalue weighted by atomic mass is 16.2. The standard InChI is InChI=1S/C31H22N14O3/c46-28(25-36-22(40-43-25)17-10-4-1-5-11-17)32-20-16-21(33-29(47)26-37-23(41-44-26)18-12-6-2-7-13-18)35-31(34-20)39-30(48)27-38-24(42-45-27)19-14-8-3-9-15-19/h1-16H,(H,36,40,43)(H,37,41,44)(H,38,42,45)(H3,32,33,34,35,39,46,47,48). The van der Waals surface area contributed by atoms with E-state index in [0.717, 1.165) is 5.56 Å². The molecule has 3 amide bonds. The van der Waals surface area contributed by atoms with E-state index in [1.807, 2.05) is 54.6 Å². The van der Waals surface area contributed by atoms with Crippen molar-refractivity contribution in [3.05, 3.63) is 115 Å². The Morgan fingerprint density at radius 2 is 0.958 bits per heavy atom. The first-order valence-corrected chi connectivity index (χ1v) is 14.3. The number of nitrogens with one attached hydrogen (secondary N) is 6. The molecule has 0 aliphatic rings. The molecular formula is C31H22N14O3. The topological polar surface area (TPSA) is 238 Å². The van der Waals surface area contributed by atoms with Gasteiger partial charge in [-0.25, -0.2) is 9.97 Å².